The number of hydrogen-bond acceptors (Lipinski definition) is 6. The molecule has 3 rings (SSSR count). The predicted molar refractivity (Wildman–Crippen MR) is 118 cm³/mol. The summed E-state index contributed by atoms with van der Waals surface area (Å²) in [4.78, 5) is 12.0. The number of carbonyl (C=O) groups is 1. The van der Waals surface area contributed by atoms with Gasteiger partial charge in [0, 0.05) is 22.0 Å². The van der Waals surface area contributed by atoms with E-state index in [-0.39, 0.29) is 10.1 Å². The number of aryl methyl sites for hydroxylation is 2. The van der Waals surface area contributed by atoms with Gasteiger partial charge in [0.2, 0.25) is 5.91 Å². The zero-order valence-corrected chi connectivity index (χ0v) is 19.0. The van der Waals surface area contributed by atoms with Crippen LogP contribution in [0.1, 0.15) is 28.8 Å². The highest BCUT2D eigenvalue weighted by atomic mass is 79.9. The quantitative estimate of drug-likeness (QED) is 0.498. The summed E-state index contributed by atoms with van der Waals surface area (Å²) >= 11 is 4.51. The molecule has 0 aliphatic heterocycles. The van der Waals surface area contributed by atoms with E-state index in [2.05, 4.69) is 31.1 Å². The third kappa shape index (κ3) is 5.14. The minimum Gasteiger partial charge on any atom is -0.354 e. The lowest BCUT2D eigenvalue weighted by molar-refractivity contribution is -0.114. The molecular weight excluding hydrogens is 478 g/mol. The zero-order valence-electron chi connectivity index (χ0n) is 15.8. The van der Waals surface area contributed by atoms with Gasteiger partial charge in [0.05, 0.1) is 0 Å². The van der Waals surface area contributed by atoms with Gasteiger partial charge < -0.3 is 9.84 Å². The number of benzene rings is 1. The largest absolute Gasteiger partial charge is 0.354 e. The van der Waals surface area contributed by atoms with E-state index in [4.69, 9.17) is 4.52 Å². The highest BCUT2D eigenvalue weighted by Gasteiger charge is 2.17. The van der Waals surface area contributed by atoms with Crippen LogP contribution in [0.4, 0.5) is 11.4 Å². The molecule has 0 radical (unpaired) electrons. The summed E-state index contributed by atoms with van der Waals surface area (Å²) in [6.07, 6.45) is 3.34. The van der Waals surface area contributed by atoms with Crippen LogP contribution >= 0.6 is 27.3 Å². The van der Waals surface area contributed by atoms with E-state index in [1.807, 2.05) is 6.92 Å². The number of aromatic nitrogens is 1. The van der Waals surface area contributed by atoms with Crippen LogP contribution in [0.25, 0.3) is 12.2 Å². The lowest BCUT2D eigenvalue weighted by Gasteiger charge is -2.07. The molecule has 3 aromatic rings. The van der Waals surface area contributed by atoms with Crippen LogP contribution in [0.5, 0.6) is 0 Å². The van der Waals surface area contributed by atoms with Crippen LogP contribution < -0.4 is 10.0 Å². The van der Waals surface area contributed by atoms with Gasteiger partial charge in [-0.2, -0.15) is 0 Å². The number of carbonyl (C=O) groups excluding carboxylic acids is 1. The van der Waals surface area contributed by atoms with Crippen LogP contribution in [0.15, 0.2) is 43.5 Å². The molecule has 2 N–H and O–H groups in total. The second-order valence-electron chi connectivity index (χ2n) is 6.25. The first-order valence-electron chi connectivity index (χ1n) is 8.46. The van der Waals surface area contributed by atoms with Crippen molar-refractivity contribution in [3.63, 3.8) is 0 Å². The first-order chi connectivity index (χ1) is 13.7. The topological polar surface area (TPSA) is 101 Å². The van der Waals surface area contributed by atoms with Crippen LogP contribution in [0.2, 0.25) is 0 Å². The third-order valence-electron chi connectivity index (χ3n) is 3.87. The molecule has 2 heterocycles. The molecule has 0 atom stereocenters. The molecule has 0 unspecified atom stereocenters. The van der Waals surface area contributed by atoms with Gasteiger partial charge in [0.25, 0.3) is 10.0 Å². The van der Waals surface area contributed by atoms with Gasteiger partial charge in [0.15, 0.2) is 5.76 Å². The molecule has 0 saturated heterocycles. The molecule has 2 aromatic heterocycles. The minimum absolute atomic E-state index is 0.188. The molecule has 7 nitrogen and oxygen atoms in total. The van der Waals surface area contributed by atoms with Crippen molar-refractivity contribution in [3.05, 3.63) is 56.7 Å². The van der Waals surface area contributed by atoms with Crippen molar-refractivity contribution in [3.8, 4) is 0 Å². The molecule has 1 aromatic carbocycles. The molecule has 152 valence electrons. The van der Waals surface area contributed by atoms with Gasteiger partial charge in [0.1, 0.15) is 15.6 Å². The van der Waals surface area contributed by atoms with Crippen LogP contribution in [0, 0.1) is 13.8 Å². The normalized spacial score (nSPS) is 11.7. The smallest absolute Gasteiger partial charge is 0.271 e. The van der Waals surface area contributed by atoms with Crippen molar-refractivity contribution in [2.75, 3.05) is 10.0 Å². The molecule has 29 heavy (non-hydrogen) atoms. The fourth-order valence-electron chi connectivity index (χ4n) is 2.47. The van der Waals surface area contributed by atoms with E-state index in [0.29, 0.717) is 27.7 Å². The Labute approximate surface area is 181 Å². The summed E-state index contributed by atoms with van der Waals surface area (Å²) in [5, 5.41) is 6.51. The standard InChI is InChI=1S/C19H18BrN3O4S2/c1-11-10-14(4-7-16(11)20)23-29(25,26)18-9-6-15(28-18)5-8-17-19(21-13(3)24)12(2)22-27-17/h4-10,23H,1-3H3,(H,21,24). The van der Waals surface area contributed by atoms with Crippen molar-refractivity contribution >= 4 is 66.7 Å². The number of thiophene rings is 1. The number of sulfonamides is 1. The van der Waals surface area contributed by atoms with Crippen molar-refractivity contribution < 1.29 is 17.7 Å². The average molecular weight is 496 g/mol. The zero-order chi connectivity index (χ0) is 21.2. The van der Waals surface area contributed by atoms with Crippen molar-refractivity contribution in [1.29, 1.82) is 0 Å². The van der Waals surface area contributed by atoms with Crippen molar-refractivity contribution in [1.82, 2.24) is 5.16 Å². The Morgan fingerprint density at radius 2 is 1.97 bits per heavy atom. The van der Waals surface area contributed by atoms with Gasteiger partial charge in [-0.15, -0.1) is 11.3 Å². The Morgan fingerprint density at radius 3 is 2.66 bits per heavy atom. The number of nitrogens with zero attached hydrogens (tertiary/aromatic N) is 1. The predicted octanol–water partition coefficient (Wildman–Crippen LogP) is 5.05. The van der Waals surface area contributed by atoms with Gasteiger partial charge in [-0.3, -0.25) is 9.52 Å². The first-order valence-corrected chi connectivity index (χ1v) is 11.6. The number of rotatable bonds is 6. The maximum atomic E-state index is 12.7. The molecule has 0 aliphatic rings. The fourth-order valence-corrected chi connectivity index (χ4v) is 4.99. The second kappa shape index (κ2) is 8.52. The van der Waals surface area contributed by atoms with E-state index in [1.54, 1.807) is 49.4 Å². The fraction of sp³-hybridized carbons (Fsp3) is 0.158. The van der Waals surface area contributed by atoms with E-state index in [9.17, 15) is 13.2 Å². The second-order valence-corrected chi connectivity index (χ2v) is 10.1. The monoisotopic (exact) mass is 495 g/mol. The van der Waals surface area contributed by atoms with Gasteiger partial charge in [-0.05, 0) is 61.9 Å². The molecule has 0 saturated carbocycles. The van der Waals surface area contributed by atoms with Crippen LogP contribution in [-0.2, 0) is 14.8 Å². The molecule has 0 spiro atoms. The minimum atomic E-state index is -3.70. The molecule has 0 fully saturated rings. The molecule has 0 bridgehead atoms. The maximum absolute atomic E-state index is 12.7. The Balaban J connectivity index is 1.79. The lowest BCUT2D eigenvalue weighted by atomic mass is 10.2. The summed E-state index contributed by atoms with van der Waals surface area (Å²) in [6.45, 7) is 5.00. The summed E-state index contributed by atoms with van der Waals surface area (Å²) < 4.78 is 34.2. The number of hydrogen-bond donors (Lipinski definition) is 2. The number of anilines is 2. The molecule has 10 heteroatoms. The summed E-state index contributed by atoms with van der Waals surface area (Å²) in [5.41, 5.74) is 2.47. The van der Waals surface area contributed by atoms with E-state index >= 15 is 0 Å². The van der Waals surface area contributed by atoms with Gasteiger partial charge in [-0.1, -0.05) is 21.1 Å². The van der Waals surface area contributed by atoms with E-state index < -0.39 is 10.0 Å². The summed E-state index contributed by atoms with van der Waals surface area (Å²) in [7, 11) is -3.70. The number of halogens is 1. The SMILES string of the molecule is CC(=O)Nc1c(C)noc1C=Cc1ccc(S(=O)(=O)Nc2ccc(Br)c(C)c2)s1. The highest BCUT2D eigenvalue weighted by molar-refractivity contribution is 9.10. The lowest BCUT2D eigenvalue weighted by Crippen LogP contribution is -2.11. The number of amides is 1. The summed E-state index contributed by atoms with van der Waals surface area (Å²) in [5.74, 6) is 0.156. The Morgan fingerprint density at radius 1 is 1.21 bits per heavy atom. The van der Waals surface area contributed by atoms with E-state index in [0.717, 1.165) is 21.4 Å². The Kier molecular flexibility index (Phi) is 6.25. The summed E-state index contributed by atoms with van der Waals surface area (Å²) in [6, 6.07) is 8.48. The molecule has 0 aliphatic carbocycles. The third-order valence-corrected chi connectivity index (χ3v) is 7.68. The molecular formula is C19H18BrN3O4S2. The van der Waals surface area contributed by atoms with Crippen molar-refractivity contribution in [2.24, 2.45) is 0 Å². The first kappa shape index (κ1) is 21.3. The Hall–Kier alpha value is -2.43. The average Bonchev–Trinajstić information content (AvgIpc) is 3.24. The maximum Gasteiger partial charge on any atom is 0.271 e. The van der Waals surface area contributed by atoms with Gasteiger partial charge >= 0.3 is 0 Å². The highest BCUT2D eigenvalue weighted by Crippen LogP contribution is 2.28. The van der Waals surface area contributed by atoms with Crippen LogP contribution in [-0.4, -0.2) is 19.5 Å². The van der Waals surface area contributed by atoms with Gasteiger partial charge in [-0.25, -0.2) is 8.42 Å². The molecule has 1 amide bonds. The Bertz CT molecular complexity index is 1200. The number of nitrogens with one attached hydrogen (secondary N) is 2. The van der Waals surface area contributed by atoms with E-state index in [1.165, 1.54) is 6.92 Å². The van der Waals surface area contributed by atoms with Crippen molar-refractivity contribution in [2.45, 2.75) is 25.0 Å². The van der Waals surface area contributed by atoms with Crippen LogP contribution in [0.3, 0.4) is 0 Å².